The van der Waals surface area contributed by atoms with Gasteiger partial charge >= 0.3 is 6.03 Å². The van der Waals surface area contributed by atoms with Crippen molar-refractivity contribution in [3.63, 3.8) is 0 Å². The number of benzene rings is 2. The van der Waals surface area contributed by atoms with Gasteiger partial charge in [-0.2, -0.15) is 0 Å². The summed E-state index contributed by atoms with van der Waals surface area (Å²) in [6.45, 7) is 0. The van der Waals surface area contributed by atoms with E-state index in [1.807, 2.05) is 6.07 Å². The molecule has 20 heavy (non-hydrogen) atoms. The molecule has 0 aliphatic rings. The molecule has 0 fully saturated rings. The largest absolute Gasteiger partial charge is 0.495 e. The van der Waals surface area contributed by atoms with Crippen molar-refractivity contribution in [3.8, 4) is 5.75 Å². The predicted molar refractivity (Wildman–Crippen MR) is 81.5 cm³/mol. The lowest BCUT2D eigenvalue weighted by Crippen LogP contribution is -2.20. The number of amides is 2. The molecule has 2 aromatic carbocycles. The van der Waals surface area contributed by atoms with Crippen molar-refractivity contribution in [2.75, 3.05) is 23.5 Å². The highest BCUT2D eigenvalue weighted by atomic mass is 35.5. The maximum atomic E-state index is 11.9. The number of carbonyl (C=O) groups excluding carboxylic acids is 1. The summed E-state index contributed by atoms with van der Waals surface area (Å²) in [6, 6.07) is 11.6. The number of nitrogens with one attached hydrogen (secondary N) is 2. The molecule has 6 heteroatoms. The fourth-order valence-electron chi connectivity index (χ4n) is 1.67. The Balaban J connectivity index is 2.09. The Morgan fingerprint density at radius 2 is 1.85 bits per heavy atom. The van der Waals surface area contributed by atoms with Crippen molar-refractivity contribution in [2.24, 2.45) is 0 Å². The van der Waals surface area contributed by atoms with E-state index in [0.29, 0.717) is 27.8 Å². The molecular weight excluding hydrogens is 278 g/mol. The highest BCUT2D eigenvalue weighted by Crippen LogP contribution is 2.25. The van der Waals surface area contributed by atoms with E-state index in [2.05, 4.69) is 10.6 Å². The minimum atomic E-state index is -0.413. The smallest absolute Gasteiger partial charge is 0.323 e. The molecule has 0 aliphatic heterocycles. The van der Waals surface area contributed by atoms with Crippen LogP contribution in [0.4, 0.5) is 21.9 Å². The standard InChI is InChI=1S/C14H14ClN3O2/c1-20-13-5-3-2-4-12(13)18-14(19)17-11-7-6-9(15)8-10(11)16/h2-8H,16H2,1H3,(H2,17,18,19). The van der Waals surface area contributed by atoms with Crippen LogP contribution in [0.2, 0.25) is 5.02 Å². The molecule has 0 heterocycles. The Morgan fingerprint density at radius 3 is 2.55 bits per heavy atom. The third-order valence-electron chi connectivity index (χ3n) is 2.62. The zero-order valence-electron chi connectivity index (χ0n) is 10.8. The summed E-state index contributed by atoms with van der Waals surface area (Å²) >= 11 is 5.80. The Labute approximate surface area is 121 Å². The van der Waals surface area contributed by atoms with Crippen LogP contribution in [0, 0.1) is 0 Å². The highest BCUT2D eigenvalue weighted by molar-refractivity contribution is 6.31. The van der Waals surface area contributed by atoms with Gasteiger partial charge in [0.25, 0.3) is 0 Å². The van der Waals surface area contributed by atoms with Crippen molar-refractivity contribution in [2.45, 2.75) is 0 Å². The number of nitrogen functional groups attached to an aromatic ring is 1. The van der Waals surface area contributed by atoms with Crippen LogP contribution < -0.4 is 21.1 Å². The fourth-order valence-corrected chi connectivity index (χ4v) is 1.85. The Hall–Kier alpha value is -2.40. The van der Waals surface area contributed by atoms with Gasteiger partial charge in [-0.1, -0.05) is 23.7 Å². The maximum absolute atomic E-state index is 11.9. The number of rotatable bonds is 3. The number of urea groups is 1. The second-order valence-electron chi connectivity index (χ2n) is 4.01. The van der Waals surface area contributed by atoms with E-state index in [1.54, 1.807) is 36.4 Å². The van der Waals surface area contributed by atoms with Gasteiger partial charge in [0.15, 0.2) is 0 Å². The predicted octanol–water partition coefficient (Wildman–Crippen LogP) is 3.57. The number of methoxy groups -OCH3 is 1. The van der Waals surface area contributed by atoms with Crippen molar-refractivity contribution in [3.05, 3.63) is 47.5 Å². The molecular formula is C14H14ClN3O2. The zero-order chi connectivity index (χ0) is 14.5. The van der Waals surface area contributed by atoms with E-state index in [1.165, 1.54) is 7.11 Å². The number of hydrogen-bond donors (Lipinski definition) is 3. The topological polar surface area (TPSA) is 76.4 Å². The molecule has 0 aromatic heterocycles. The Morgan fingerprint density at radius 1 is 1.15 bits per heavy atom. The molecule has 0 aliphatic carbocycles. The number of hydrogen-bond acceptors (Lipinski definition) is 3. The molecule has 0 spiro atoms. The van der Waals surface area contributed by atoms with Crippen LogP contribution in [0.25, 0.3) is 0 Å². The first-order chi connectivity index (χ1) is 9.60. The Bertz CT molecular complexity index is 632. The maximum Gasteiger partial charge on any atom is 0.323 e. The van der Waals surface area contributed by atoms with Gasteiger partial charge in [-0.15, -0.1) is 0 Å². The second kappa shape index (κ2) is 6.16. The number of halogens is 1. The molecule has 2 rings (SSSR count). The SMILES string of the molecule is COc1ccccc1NC(=O)Nc1ccc(Cl)cc1N. The van der Waals surface area contributed by atoms with Gasteiger partial charge in [0.05, 0.1) is 24.2 Å². The van der Waals surface area contributed by atoms with Gasteiger partial charge in [-0.25, -0.2) is 4.79 Å². The van der Waals surface area contributed by atoms with Gasteiger partial charge in [0.2, 0.25) is 0 Å². The minimum absolute atomic E-state index is 0.396. The van der Waals surface area contributed by atoms with E-state index >= 15 is 0 Å². The summed E-state index contributed by atoms with van der Waals surface area (Å²) < 4.78 is 5.15. The van der Waals surface area contributed by atoms with E-state index in [9.17, 15) is 4.79 Å². The lowest BCUT2D eigenvalue weighted by atomic mass is 10.2. The zero-order valence-corrected chi connectivity index (χ0v) is 11.6. The summed E-state index contributed by atoms with van der Waals surface area (Å²) in [5.74, 6) is 0.576. The van der Waals surface area contributed by atoms with Crippen LogP contribution in [0.15, 0.2) is 42.5 Å². The second-order valence-corrected chi connectivity index (χ2v) is 4.45. The molecule has 5 nitrogen and oxygen atoms in total. The van der Waals surface area contributed by atoms with Crippen LogP contribution in [0.1, 0.15) is 0 Å². The van der Waals surface area contributed by atoms with Gasteiger partial charge in [-0.05, 0) is 30.3 Å². The van der Waals surface area contributed by atoms with Crippen LogP contribution in [-0.2, 0) is 0 Å². The number of para-hydroxylation sites is 2. The third-order valence-corrected chi connectivity index (χ3v) is 2.85. The first kappa shape index (κ1) is 14.0. The average molecular weight is 292 g/mol. The van der Waals surface area contributed by atoms with E-state index < -0.39 is 6.03 Å². The van der Waals surface area contributed by atoms with Gasteiger partial charge in [0.1, 0.15) is 5.75 Å². The van der Waals surface area contributed by atoms with Gasteiger partial charge < -0.3 is 21.1 Å². The van der Waals surface area contributed by atoms with E-state index in [0.717, 1.165) is 0 Å². The summed E-state index contributed by atoms with van der Waals surface area (Å²) in [4.78, 5) is 11.9. The van der Waals surface area contributed by atoms with Crippen molar-refractivity contribution >= 4 is 34.7 Å². The quantitative estimate of drug-likeness (QED) is 0.757. The lowest BCUT2D eigenvalue weighted by Gasteiger charge is -2.12. The van der Waals surface area contributed by atoms with E-state index in [4.69, 9.17) is 22.1 Å². The first-order valence-electron chi connectivity index (χ1n) is 5.86. The number of nitrogens with two attached hydrogens (primary N) is 1. The van der Waals surface area contributed by atoms with Crippen molar-refractivity contribution < 1.29 is 9.53 Å². The number of anilines is 3. The van der Waals surface area contributed by atoms with Gasteiger partial charge in [-0.3, -0.25) is 0 Å². The van der Waals surface area contributed by atoms with Crippen molar-refractivity contribution in [1.82, 2.24) is 0 Å². The van der Waals surface area contributed by atoms with Crippen LogP contribution in [-0.4, -0.2) is 13.1 Å². The molecule has 0 unspecified atom stereocenters. The molecule has 2 amide bonds. The fraction of sp³-hybridized carbons (Fsp3) is 0.0714. The summed E-state index contributed by atoms with van der Waals surface area (Å²) in [5, 5.41) is 5.85. The van der Waals surface area contributed by atoms with Crippen LogP contribution in [0.3, 0.4) is 0 Å². The van der Waals surface area contributed by atoms with Crippen LogP contribution >= 0.6 is 11.6 Å². The Kier molecular flexibility index (Phi) is 4.32. The molecule has 2 aromatic rings. The normalized spacial score (nSPS) is 9.90. The lowest BCUT2D eigenvalue weighted by molar-refractivity contribution is 0.262. The van der Waals surface area contributed by atoms with Crippen LogP contribution in [0.5, 0.6) is 5.75 Å². The summed E-state index contributed by atoms with van der Waals surface area (Å²) in [5.41, 5.74) is 7.22. The molecule has 104 valence electrons. The van der Waals surface area contributed by atoms with Crippen molar-refractivity contribution in [1.29, 1.82) is 0 Å². The number of carbonyl (C=O) groups is 1. The first-order valence-corrected chi connectivity index (χ1v) is 6.24. The number of ether oxygens (including phenoxy) is 1. The summed E-state index contributed by atoms with van der Waals surface area (Å²) in [6.07, 6.45) is 0. The average Bonchev–Trinajstić information content (AvgIpc) is 2.42. The molecule has 4 N–H and O–H groups in total. The molecule has 0 bridgehead atoms. The summed E-state index contributed by atoms with van der Waals surface area (Å²) in [7, 11) is 1.54. The third kappa shape index (κ3) is 3.33. The van der Waals surface area contributed by atoms with E-state index in [-0.39, 0.29) is 0 Å². The molecule has 0 saturated carbocycles. The molecule has 0 radical (unpaired) electrons. The molecule has 0 atom stereocenters. The monoisotopic (exact) mass is 291 g/mol. The molecule has 0 saturated heterocycles. The highest BCUT2D eigenvalue weighted by Gasteiger charge is 2.08. The van der Waals surface area contributed by atoms with Gasteiger partial charge in [0, 0.05) is 5.02 Å². The minimum Gasteiger partial charge on any atom is -0.495 e.